The molecule has 0 unspecified atom stereocenters. The van der Waals surface area contributed by atoms with E-state index in [9.17, 15) is 13.2 Å². The molecule has 25 heavy (non-hydrogen) atoms. The van der Waals surface area contributed by atoms with Crippen molar-refractivity contribution in [1.29, 1.82) is 0 Å². The van der Waals surface area contributed by atoms with Crippen LogP contribution in [0, 0.1) is 0 Å². The number of fused-ring (bicyclic) bond motifs is 1. The molecule has 3 rings (SSSR count). The van der Waals surface area contributed by atoms with Gasteiger partial charge in [0.05, 0.1) is 10.4 Å². The molecule has 128 valence electrons. The molecule has 8 nitrogen and oxygen atoms in total. The van der Waals surface area contributed by atoms with Crippen molar-refractivity contribution in [2.45, 2.75) is 4.90 Å². The summed E-state index contributed by atoms with van der Waals surface area (Å²) in [5.74, 6) is 0.169. The van der Waals surface area contributed by atoms with E-state index in [0.29, 0.717) is 22.7 Å². The molecule has 2 aromatic carbocycles. The second-order valence-electron chi connectivity index (χ2n) is 5.24. The second kappa shape index (κ2) is 6.46. The van der Waals surface area contributed by atoms with Gasteiger partial charge in [-0.1, -0.05) is 0 Å². The van der Waals surface area contributed by atoms with Crippen LogP contribution in [-0.4, -0.2) is 31.3 Å². The van der Waals surface area contributed by atoms with E-state index in [1.54, 1.807) is 43.6 Å². The number of amides is 1. The monoisotopic (exact) mass is 357 g/mol. The fourth-order valence-electron chi connectivity index (χ4n) is 2.24. The summed E-state index contributed by atoms with van der Waals surface area (Å²) in [4.78, 5) is 20.2. The smallest absolute Gasteiger partial charge is 0.251 e. The summed E-state index contributed by atoms with van der Waals surface area (Å²) in [6.07, 6.45) is 1.61. The number of rotatable bonds is 4. The predicted molar refractivity (Wildman–Crippen MR) is 94.0 cm³/mol. The lowest BCUT2D eigenvalue weighted by Gasteiger charge is -2.07. The number of carbonyl (C=O) groups excluding carboxylic acids is 1. The number of anilines is 2. The summed E-state index contributed by atoms with van der Waals surface area (Å²) in [7, 11) is -2.16. The van der Waals surface area contributed by atoms with Crippen LogP contribution >= 0.6 is 0 Å². The lowest BCUT2D eigenvalue weighted by molar-refractivity contribution is 0.0963. The van der Waals surface area contributed by atoms with Gasteiger partial charge < -0.3 is 10.6 Å². The highest BCUT2D eigenvalue weighted by Gasteiger charge is 2.08. The van der Waals surface area contributed by atoms with E-state index in [1.165, 1.54) is 12.1 Å². The third kappa shape index (κ3) is 3.73. The van der Waals surface area contributed by atoms with Gasteiger partial charge in [-0.15, -0.1) is 0 Å². The number of hydrogen-bond donors (Lipinski definition) is 3. The molecule has 1 aromatic heterocycles. The molecule has 1 amide bonds. The van der Waals surface area contributed by atoms with Crippen LogP contribution in [0.4, 0.5) is 11.6 Å². The van der Waals surface area contributed by atoms with Gasteiger partial charge in [0.25, 0.3) is 5.91 Å². The normalized spacial score (nSPS) is 11.3. The zero-order chi connectivity index (χ0) is 18.0. The van der Waals surface area contributed by atoms with Gasteiger partial charge in [0.1, 0.15) is 0 Å². The van der Waals surface area contributed by atoms with Gasteiger partial charge in [0.15, 0.2) is 0 Å². The number of benzene rings is 2. The summed E-state index contributed by atoms with van der Waals surface area (Å²) in [5.41, 5.74) is 1.82. The summed E-state index contributed by atoms with van der Waals surface area (Å²) >= 11 is 0. The van der Waals surface area contributed by atoms with Crippen LogP contribution in [0.5, 0.6) is 0 Å². The average molecular weight is 357 g/mol. The lowest BCUT2D eigenvalue weighted by atomic mass is 10.1. The van der Waals surface area contributed by atoms with E-state index in [0.717, 1.165) is 5.39 Å². The van der Waals surface area contributed by atoms with Crippen LogP contribution in [0.25, 0.3) is 10.9 Å². The molecule has 4 N–H and O–H groups in total. The minimum atomic E-state index is -3.73. The highest BCUT2D eigenvalue weighted by Crippen LogP contribution is 2.19. The highest BCUT2D eigenvalue weighted by molar-refractivity contribution is 7.89. The standard InChI is InChI=1S/C16H15N5O3S/c1-18-15(22)10-2-7-14-11(8-10)9-19-16(21-14)20-12-3-5-13(6-4-12)25(17,23)24/h2-9H,1H3,(H,18,22)(H2,17,23,24)(H,19,20,21). The summed E-state index contributed by atoms with van der Waals surface area (Å²) < 4.78 is 22.5. The van der Waals surface area contributed by atoms with Crippen LogP contribution in [0.15, 0.2) is 53.6 Å². The molecule has 0 aliphatic rings. The van der Waals surface area contributed by atoms with Gasteiger partial charge >= 0.3 is 0 Å². The maximum absolute atomic E-state index is 11.6. The van der Waals surface area contributed by atoms with Crippen molar-refractivity contribution in [2.75, 3.05) is 12.4 Å². The first kappa shape index (κ1) is 16.8. The number of hydrogen-bond acceptors (Lipinski definition) is 6. The molecular weight excluding hydrogens is 342 g/mol. The Hall–Kier alpha value is -3.04. The van der Waals surface area contributed by atoms with Gasteiger partial charge in [-0.2, -0.15) is 0 Å². The van der Waals surface area contributed by atoms with Crippen LogP contribution in [-0.2, 0) is 10.0 Å². The third-order valence-electron chi connectivity index (χ3n) is 3.51. The van der Waals surface area contributed by atoms with E-state index in [1.807, 2.05) is 0 Å². The number of nitrogens with two attached hydrogens (primary N) is 1. The molecule has 1 heterocycles. The van der Waals surface area contributed by atoms with Gasteiger partial charge in [-0.3, -0.25) is 4.79 Å². The Kier molecular flexibility index (Phi) is 4.34. The number of primary sulfonamides is 1. The first-order chi connectivity index (χ1) is 11.9. The SMILES string of the molecule is CNC(=O)c1ccc2nc(Nc3ccc(S(N)(=O)=O)cc3)ncc2c1. The van der Waals surface area contributed by atoms with Crippen LogP contribution in [0.3, 0.4) is 0 Å². The minimum Gasteiger partial charge on any atom is -0.355 e. The Bertz CT molecular complexity index is 1050. The Balaban J connectivity index is 1.86. The molecule has 3 aromatic rings. The fraction of sp³-hybridized carbons (Fsp3) is 0.0625. The van der Waals surface area contributed by atoms with Crippen molar-refractivity contribution in [3.8, 4) is 0 Å². The zero-order valence-corrected chi connectivity index (χ0v) is 14.0. The molecule has 0 fully saturated rings. The largest absolute Gasteiger partial charge is 0.355 e. The van der Waals surface area contributed by atoms with E-state index >= 15 is 0 Å². The number of aromatic nitrogens is 2. The molecule has 0 saturated carbocycles. The predicted octanol–water partition coefficient (Wildman–Crippen LogP) is 1.38. The first-order valence-corrected chi connectivity index (χ1v) is 8.80. The van der Waals surface area contributed by atoms with Crippen LogP contribution < -0.4 is 15.8 Å². The topological polar surface area (TPSA) is 127 Å². The van der Waals surface area contributed by atoms with E-state index in [4.69, 9.17) is 5.14 Å². The molecule has 0 radical (unpaired) electrons. The summed E-state index contributed by atoms with van der Waals surface area (Å²) in [6.45, 7) is 0. The lowest BCUT2D eigenvalue weighted by Crippen LogP contribution is -2.17. The van der Waals surface area contributed by atoms with Gasteiger partial charge in [0.2, 0.25) is 16.0 Å². The second-order valence-corrected chi connectivity index (χ2v) is 6.80. The molecular formula is C16H15N5O3S. The molecule has 0 aliphatic heterocycles. The molecule has 0 spiro atoms. The molecule has 0 atom stereocenters. The van der Waals surface area contributed by atoms with Crippen LogP contribution in [0.2, 0.25) is 0 Å². The molecule has 0 saturated heterocycles. The minimum absolute atomic E-state index is 0.0270. The van der Waals surface area contributed by atoms with Crippen molar-refractivity contribution >= 4 is 38.5 Å². The Morgan fingerprint density at radius 1 is 1.12 bits per heavy atom. The third-order valence-corrected chi connectivity index (χ3v) is 4.44. The quantitative estimate of drug-likeness (QED) is 0.647. The average Bonchev–Trinajstić information content (AvgIpc) is 2.60. The maximum Gasteiger partial charge on any atom is 0.251 e. The summed E-state index contributed by atoms with van der Waals surface area (Å²) in [5, 5.41) is 11.3. The van der Waals surface area contributed by atoms with Crippen molar-refractivity contribution in [3.63, 3.8) is 0 Å². The Labute approximate surface area is 144 Å². The fourth-order valence-corrected chi connectivity index (χ4v) is 2.75. The number of nitrogens with one attached hydrogen (secondary N) is 2. The first-order valence-electron chi connectivity index (χ1n) is 7.25. The van der Waals surface area contributed by atoms with Gasteiger partial charge in [-0.25, -0.2) is 23.5 Å². The van der Waals surface area contributed by atoms with E-state index < -0.39 is 10.0 Å². The Morgan fingerprint density at radius 3 is 2.48 bits per heavy atom. The zero-order valence-electron chi connectivity index (χ0n) is 13.2. The van der Waals surface area contributed by atoms with Crippen LogP contribution in [0.1, 0.15) is 10.4 Å². The van der Waals surface area contributed by atoms with Crippen molar-refractivity contribution in [2.24, 2.45) is 5.14 Å². The van der Waals surface area contributed by atoms with Crippen molar-refractivity contribution in [1.82, 2.24) is 15.3 Å². The van der Waals surface area contributed by atoms with E-state index in [-0.39, 0.29) is 10.8 Å². The van der Waals surface area contributed by atoms with Crippen molar-refractivity contribution in [3.05, 3.63) is 54.2 Å². The summed E-state index contributed by atoms with van der Waals surface area (Å²) in [6, 6.07) is 11.1. The molecule has 0 bridgehead atoms. The van der Waals surface area contributed by atoms with E-state index in [2.05, 4.69) is 20.6 Å². The van der Waals surface area contributed by atoms with Gasteiger partial charge in [-0.05, 0) is 42.5 Å². The number of sulfonamides is 1. The molecule has 0 aliphatic carbocycles. The Morgan fingerprint density at radius 2 is 1.84 bits per heavy atom. The highest BCUT2D eigenvalue weighted by atomic mass is 32.2. The molecule has 9 heteroatoms. The maximum atomic E-state index is 11.6. The van der Waals surface area contributed by atoms with Crippen molar-refractivity contribution < 1.29 is 13.2 Å². The number of nitrogens with zero attached hydrogens (tertiary/aromatic N) is 2. The van der Waals surface area contributed by atoms with Gasteiger partial charge in [0, 0.05) is 29.9 Å². The number of carbonyl (C=O) groups is 1.